The van der Waals surface area contributed by atoms with Gasteiger partial charge in [-0.2, -0.15) is 0 Å². The highest BCUT2D eigenvalue weighted by atomic mass is 127. The molecule has 30 heavy (non-hydrogen) atoms. The molecule has 0 aliphatic carbocycles. The van der Waals surface area contributed by atoms with Crippen LogP contribution >= 0.6 is 57.7 Å². The van der Waals surface area contributed by atoms with E-state index >= 15 is 0 Å². The number of hydrogen-bond acceptors (Lipinski definition) is 5. The summed E-state index contributed by atoms with van der Waals surface area (Å²) in [5, 5.41) is 13.0. The fourth-order valence-electron chi connectivity index (χ4n) is 2.85. The Kier molecular flexibility index (Phi) is 8.50. The summed E-state index contributed by atoms with van der Waals surface area (Å²) in [5.41, 5.74) is 4.24. The maximum Gasteiger partial charge on any atom is 0.234 e. The molecule has 9 heteroatoms. The van der Waals surface area contributed by atoms with Crippen molar-refractivity contribution in [2.24, 2.45) is 7.05 Å². The first-order chi connectivity index (χ1) is 14.3. The van der Waals surface area contributed by atoms with Crippen LogP contribution in [-0.4, -0.2) is 26.4 Å². The van der Waals surface area contributed by atoms with Crippen molar-refractivity contribution in [3.05, 3.63) is 67.5 Å². The molecule has 0 aliphatic heterocycles. The number of aryl methyl sites for hydroxylation is 2. The van der Waals surface area contributed by atoms with Gasteiger partial charge in [-0.05, 0) is 77.4 Å². The Morgan fingerprint density at radius 3 is 2.47 bits per heavy atom. The number of carbonyl (C=O) groups excluding carboxylic acids is 1. The number of amides is 1. The molecule has 0 atom stereocenters. The molecule has 1 amide bonds. The summed E-state index contributed by atoms with van der Waals surface area (Å²) in [6.45, 7) is 4.02. The van der Waals surface area contributed by atoms with Gasteiger partial charge < -0.3 is 9.88 Å². The summed E-state index contributed by atoms with van der Waals surface area (Å²) < 4.78 is 3.12. The van der Waals surface area contributed by atoms with E-state index in [4.69, 9.17) is 11.6 Å². The Labute approximate surface area is 203 Å². The number of carbonyl (C=O) groups is 1. The van der Waals surface area contributed by atoms with Gasteiger partial charge in [-0.25, -0.2) is 0 Å². The van der Waals surface area contributed by atoms with Gasteiger partial charge >= 0.3 is 0 Å². The SMILES string of the molecule is Cc1cc(I)cc(C)c1NC(=O)CSc1nnc(CSCc2ccc(Cl)cc2)n1C. The molecule has 3 aromatic rings. The van der Waals surface area contributed by atoms with Crippen LogP contribution in [0, 0.1) is 17.4 Å². The lowest BCUT2D eigenvalue weighted by atomic mass is 10.1. The van der Waals surface area contributed by atoms with Crippen LogP contribution in [0.1, 0.15) is 22.5 Å². The third kappa shape index (κ3) is 6.38. The summed E-state index contributed by atoms with van der Waals surface area (Å²) in [5.74, 6) is 2.76. The number of benzene rings is 2. The smallest absolute Gasteiger partial charge is 0.234 e. The molecule has 0 spiro atoms. The molecule has 0 aliphatic rings. The lowest BCUT2D eigenvalue weighted by Crippen LogP contribution is -2.16. The van der Waals surface area contributed by atoms with Crippen molar-refractivity contribution >= 4 is 69.3 Å². The Morgan fingerprint density at radius 2 is 1.80 bits per heavy atom. The maximum absolute atomic E-state index is 12.4. The summed E-state index contributed by atoms with van der Waals surface area (Å²) in [6, 6.07) is 12.0. The summed E-state index contributed by atoms with van der Waals surface area (Å²) in [4.78, 5) is 12.4. The van der Waals surface area contributed by atoms with E-state index in [2.05, 4.69) is 50.2 Å². The molecule has 1 aromatic heterocycles. The van der Waals surface area contributed by atoms with Crippen molar-refractivity contribution in [3.8, 4) is 0 Å². The third-order valence-corrected chi connectivity index (χ3v) is 7.33. The molecule has 0 saturated carbocycles. The number of halogens is 2. The zero-order chi connectivity index (χ0) is 21.7. The monoisotopic (exact) mass is 572 g/mol. The number of aromatic nitrogens is 3. The molecule has 5 nitrogen and oxygen atoms in total. The van der Waals surface area contributed by atoms with E-state index in [1.54, 1.807) is 11.8 Å². The number of thioether (sulfide) groups is 2. The minimum atomic E-state index is -0.0472. The summed E-state index contributed by atoms with van der Waals surface area (Å²) in [6.07, 6.45) is 0. The number of nitrogens with zero attached hydrogens (tertiary/aromatic N) is 3. The zero-order valence-electron chi connectivity index (χ0n) is 16.9. The Morgan fingerprint density at radius 1 is 1.13 bits per heavy atom. The van der Waals surface area contributed by atoms with Gasteiger partial charge in [0.25, 0.3) is 0 Å². The second kappa shape index (κ2) is 10.9. The van der Waals surface area contributed by atoms with Gasteiger partial charge in [0.05, 0.1) is 11.5 Å². The second-order valence-electron chi connectivity index (χ2n) is 6.83. The van der Waals surface area contributed by atoms with E-state index in [9.17, 15) is 4.79 Å². The summed E-state index contributed by atoms with van der Waals surface area (Å²) >= 11 is 11.4. The predicted octanol–water partition coefficient (Wildman–Crippen LogP) is 5.85. The average molecular weight is 573 g/mol. The van der Waals surface area contributed by atoms with Crippen molar-refractivity contribution in [2.45, 2.75) is 30.5 Å². The lowest BCUT2D eigenvalue weighted by molar-refractivity contribution is -0.113. The van der Waals surface area contributed by atoms with Crippen LogP contribution in [0.5, 0.6) is 0 Å². The van der Waals surface area contributed by atoms with Crippen LogP contribution in [0.25, 0.3) is 0 Å². The standard InChI is InChI=1S/C21H22ClIN4OS2/c1-13-8-17(23)9-14(2)20(13)24-19(28)12-30-21-26-25-18(27(21)3)11-29-10-15-4-6-16(22)7-5-15/h4-9H,10-12H2,1-3H3,(H,24,28). The van der Waals surface area contributed by atoms with Gasteiger partial charge in [0.1, 0.15) is 5.82 Å². The highest BCUT2D eigenvalue weighted by Gasteiger charge is 2.13. The maximum atomic E-state index is 12.4. The van der Waals surface area contributed by atoms with E-state index in [-0.39, 0.29) is 11.7 Å². The Bertz CT molecular complexity index is 1020. The fraction of sp³-hybridized carbons (Fsp3) is 0.286. The molecule has 158 valence electrons. The quantitative estimate of drug-likeness (QED) is 0.271. The molecule has 1 heterocycles. The van der Waals surface area contributed by atoms with Crippen LogP contribution in [0.3, 0.4) is 0 Å². The third-order valence-electron chi connectivity index (χ3n) is 4.43. The van der Waals surface area contributed by atoms with E-state index in [0.717, 1.165) is 47.9 Å². The van der Waals surface area contributed by atoms with Crippen molar-refractivity contribution in [1.82, 2.24) is 14.8 Å². The number of rotatable bonds is 8. The first kappa shape index (κ1) is 23.4. The van der Waals surface area contributed by atoms with Crippen LogP contribution in [0.4, 0.5) is 5.69 Å². The fourth-order valence-corrected chi connectivity index (χ4v) is 5.61. The van der Waals surface area contributed by atoms with Crippen LogP contribution < -0.4 is 5.32 Å². The first-order valence-corrected chi connectivity index (χ1v) is 12.8. The molecule has 0 radical (unpaired) electrons. The van der Waals surface area contributed by atoms with Crippen molar-refractivity contribution in [3.63, 3.8) is 0 Å². The number of anilines is 1. The Balaban J connectivity index is 1.51. The topological polar surface area (TPSA) is 59.8 Å². The Hall–Kier alpha value is -1.23. The largest absolute Gasteiger partial charge is 0.325 e. The molecule has 0 saturated heterocycles. The van der Waals surface area contributed by atoms with Crippen molar-refractivity contribution in [1.29, 1.82) is 0 Å². The number of hydrogen-bond donors (Lipinski definition) is 1. The van der Waals surface area contributed by atoms with Gasteiger partial charge in [-0.1, -0.05) is 35.5 Å². The minimum absolute atomic E-state index is 0.0472. The van der Waals surface area contributed by atoms with Crippen LogP contribution in [0.15, 0.2) is 41.6 Å². The highest BCUT2D eigenvalue weighted by Crippen LogP contribution is 2.25. The predicted molar refractivity (Wildman–Crippen MR) is 135 cm³/mol. The minimum Gasteiger partial charge on any atom is -0.325 e. The molecule has 1 N–H and O–H groups in total. The number of nitrogens with one attached hydrogen (secondary N) is 1. The van der Waals surface area contributed by atoms with Crippen molar-refractivity contribution < 1.29 is 4.79 Å². The summed E-state index contributed by atoms with van der Waals surface area (Å²) in [7, 11) is 1.94. The van der Waals surface area contributed by atoms with Crippen molar-refractivity contribution in [2.75, 3.05) is 11.1 Å². The van der Waals surface area contributed by atoms with Gasteiger partial charge in [-0.3, -0.25) is 4.79 Å². The molecular formula is C21H22ClIN4OS2. The average Bonchev–Trinajstić information content (AvgIpc) is 3.04. The molecule has 0 bridgehead atoms. The second-order valence-corrected chi connectivity index (χ2v) is 10.4. The van der Waals surface area contributed by atoms with E-state index in [1.165, 1.54) is 17.3 Å². The van der Waals surface area contributed by atoms with Gasteiger partial charge in [0, 0.05) is 27.1 Å². The zero-order valence-corrected chi connectivity index (χ0v) is 21.5. The molecular weight excluding hydrogens is 551 g/mol. The first-order valence-electron chi connectivity index (χ1n) is 9.23. The molecule has 0 fully saturated rings. The lowest BCUT2D eigenvalue weighted by Gasteiger charge is -2.12. The highest BCUT2D eigenvalue weighted by molar-refractivity contribution is 14.1. The van der Waals surface area contributed by atoms with E-state index in [0.29, 0.717) is 0 Å². The molecule has 2 aromatic carbocycles. The van der Waals surface area contributed by atoms with Gasteiger partial charge in [0.15, 0.2) is 5.16 Å². The normalized spacial score (nSPS) is 11.0. The van der Waals surface area contributed by atoms with Gasteiger partial charge in [-0.15, -0.1) is 22.0 Å². The van der Waals surface area contributed by atoms with Crippen LogP contribution in [-0.2, 0) is 23.3 Å². The van der Waals surface area contributed by atoms with Gasteiger partial charge in [0.2, 0.25) is 5.91 Å². The molecule has 3 rings (SSSR count). The van der Waals surface area contributed by atoms with E-state index in [1.807, 2.05) is 49.7 Å². The van der Waals surface area contributed by atoms with Crippen LogP contribution in [0.2, 0.25) is 5.02 Å². The molecule has 0 unspecified atom stereocenters. The van der Waals surface area contributed by atoms with E-state index < -0.39 is 0 Å².